The lowest BCUT2D eigenvalue weighted by Gasteiger charge is -2.03. The first-order chi connectivity index (χ1) is 14.4. The Balaban J connectivity index is 1.65. The number of hydrazone groups is 1. The number of hydrogen-bond donors (Lipinski definition) is 2. The van der Waals surface area contributed by atoms with Crippen LogP contribution < -0.4 is 10.2 Å². The van der Waals surface area contributed by atoms with Gasteiger partial charge in [0.1, 0.15) is 0 Å². The minimum absolute atomic E-state index is 0.00109. The van der Waals surface area contributed by atoms with Gasteiger partial charge in [0.05, 0.1) is 29.3 Å². The van der Waals surface area contributed by atoms with Crippen LogP contribution in [0.3, 0.4) is 0 Å². The molecule has 1 heterocycles. The Hall–Kier alpha value is -3.73. The molecule has 154 valence electrons. The van der Waals surface area contributed by atoms with Crippen LogP contribution in [0.2, 0.25) is 0 Å². The van der Waals surface area contributed by atoms with Gasteiger partial charge in [-0.2, -0.15) is 10.2 Å². The minimum Gasteiger partial charge on any atom is -0.504 e. The standard InChI is InChI=1S/C19H16BrN5O5/c1-30-17-8-13(4-7-16(17)26)9-21-22-19(27)18-15(20)11-24(23-18)10-12-2-5-14(6-3-12)25(28)29/h2-9,11,26H,10H2,1H3,(H,22,27). The quantitative estimate of drug-likeness (QED) is 0.307. The largest absolute Gasteiger partial charge is 0.504 e. The van der Waals surface area contributed by atoms with E-state index in [4.69, 9.17) is 4.74 Å². The Labute approximate surface area is 179 Å². The molecule has 10 nitrogen and oxygen atoms in total. The summed E-state index contributed by atoms with van der Waals surface area (Å²) in [6, 6.07) is 10.7. The van der Waals surface area contributed by atoms with Crippen LogP contribution in [0.5, 0.6) is 11.5 Å². The number of nitro benzene ring substituents is 1. The molecule has 0 aliphatic carbocycles. The molecule has 1 amide bonds. The summed E-state index contributed by atoms with van der Waals surface area (Å²) in [5.74, 6) is -0.231. The Morgan fingerprint density at radius 3 is 2.77 bits per heavy atom. The summed E-state index contributed by atoms with van der Waals surface area (Å²) in [7, 11) is 1.43. The Kier molecular flexibility index (Phi) is 6.42. The van der Waals surface area contributed by atoms with Crippen molar-refractivity contribution in [3.63, 3.8) is 0 Å². The minimum atomic E-state index is -0.522. The zero-order chi connectivity index (χ0) is 21.7. The number of phenolic OH excluding ortho intramolecular Hbond substituents is 1. The van der Waals surface area contributed by atoms with E-state index in [1.807, 2.05) is 0 Å². The molecule has 0 saturated heterocycles. The number of aromatic hydroxyl groups is 1. The van der Waals surface area contributed by atoms with Crippen molar-refractivity contribution in [1.29, 1.82) is 0 Å². The van der Waals surface area contributed by atoms with E-state index < -0.39 is 10.8 Å². The van der Waals surface area contributed by atoms with Gasteiger partial charge in [0.15, 0.2) is 17.2 Å². The summed E-state index contributed by atoms with van der Waals surface area (Å²) >= 11 is 3.30. The van der Waals surface area contributed by atoms with Gasteiger partial charge in [-0.1, -0.05) is 12.1 Å². The smallest absolute Gasteiger partial charge is 0.293 e. The van der Waals surface area contributed by atoms with Crippen molar-refractivity contribution in [3.05, 3.63) is 80.1 Å². The fourth-order valence-electron chi connectivity index (χ4n) is 2.53. The Morgan fingerprint density at radius 1 is 1.37 bits per heavy atom. The molecule has 2 N–H and O–H groups in total. The van der Waals surface area contributed by atoms with Crippen LogP contribution in [-0.2, 0) is 6.54 Å². The molecule has 0 bridgehead atoms. The number of aromatic nitrogens is 2. The van der Waals surface area contributed by atoms with Gasteiger partial charge >= 0.3 is 0 Å². The molecule has 0 spiro atoms. The molecular formula is C19H16BrN5O5. The number of hydrogen-bond acceptors (Lipinski definition) is 7. The van der Waals surface area contributed by atoms with Gasteiger partial charge in [0, 0.05) is 18.3 Å². The number of non-ortho nitro benzene ring substituents is 1. The van der Waals surface area contributed by atoms with Crippen LogP contribution in [-0.4, -0.2) is 39.0 Å². The van der Waals surface area contributed by atoms with Crippen LogP contribution >= 0.6 is 15.9 Å². The molecule has 30 heavy (non-hydrogen) atoms. The maximum atomic E-state index is 12.3. The molecule has 0 saturated carbocycles. The zero-order valence-corrected chi connectivity index (χ0v) is 17.2. The number of nitrogens with one attached hydrogen (secondary N) is 1. The molecule has 0 radical (unpaired) electrons. The number of ether oxygens (including phenoxy) is 1. The number of halogens is 1. The van der Waals surface area contributed by atoms with E-state index >= 15 is 0 Å². The van der Waals surface area contributed by atoms with E-state index in [1.165, 1.54) is 36.2 Å². The van der Waals surface area contributed by atoms with Crippen molar-refractivity contribution in [2.24, 2.45) is 5.10 Å². The van der Waals surface area contributed by atoms with Gasteiger partial charge in [0.25, 0.3) is 11.6 Å². The third-order valence-electron chi connectivity index (χ3n) is 4.01. The third kappa shape index (κ3) is 5.00. The molecule has 11 heteroatoms. The van der Waals surface area contributed by atoms with Crippen molar-refractivity contribution in [2.75, 3.05) is 7.11 Å². The van der Waals surface area contributed by atoms with Crippen LogP contribution in [0.4, 0.5) is 5.69 Å². The van der Waals surface area contributed by atoms with Crippen molar-refractivity contribution < 1.29 is 19.6 Å². The zero-order valence-electron chi connectivity index (χ0n) is 15.7. The first-order valence-corrected chi connectivity index (χ1v) is 9.33. The van der Waals surface area contributed by atoms with Gasteiger partial charge in [-0.05, 0) is 45.3 Å². The van der Waals surface area contributed by atoms with Gasteiger partial charge in [-0.15, -0.1) is 0 Å². The summed E-state index contributed by atoms with van der Waals surface area (Å²) in [5, 5.41) is 28.4. The number of carbonyl (C=O) groups is 1. The van der Waals surface area contributed by atoms with Gasteiger partial charge in [-0.3, -0.25) is 19.6 Å². The Bertz CT molecular complexity index is 1110. The number of amides is 1. The summed E-state index contributed by atoms with van der Waals surface area (Å²) < 4.78 is 7.03. The van der Waals surface area contributed by atoms with E-state index in [0.29, 0.717) is 16.6 Å². The van der Waals surface area contributed by atoms with Gasteiger partial charge < -0.3 is 9.84 Å². The number of methoxy groups -OCH3 is 1. The lowest BCUT2D eigenvalue weighted by atomic mass is 10.2. The molecule has 0 aliphatic heterocycles. The van der Waals surface area contributed by atoms with Gasteiger partial charge in [-0.25, -0.2) is 5.43 Å². The topological polar surface area (TPSA) is 132 Å². The normalized spacial score (nSPS) is 10.9. The number of phenols is 1. The van der Waals surface area contributed by atoms with E-state index in [0.717, 1.165) is 5.56 Å². The number of carbonyl (C=O) groups excluding carboxylic acids is 1. The molecule has 3 aromatic rings. The summed E-state index contributed by atoms with van der Waals surface area (Å²) in [5.41, 5.74) is 3.94. The monoisotopic (exact) mass is 473 g/mol. The molecule has 0 fully saturated rings. The number of nitro groups is 1. The fourth-order valence-corrected chi connectivity index (χ4v) is 3.03. The number of benzene rings is 2. The van der Waals surface area contributed by atoms with E-state index in [2.05, 4.69) is 31.6 Å². The van der Waals surface area contributed by atoms with Crippen LogP contribution in [0.25, 0.3) is 0 Å². The number of nitrogens with zero attached hydrogens (tertiary/aromatic N) is 4. The maximum Gasteiger partial charge on any atom is 0.293 e. The van der Waals surface area contributed by atoms with Crippen molar-refractivity contribution >= 4 is 33.7 Å². The fraction of sp³-hybridized carbons (Fsp3) is 0.105. The van der Waals surface area contributed by atoms with E-state index in [1.54, 1.807) is 30.5 Å². The molecule has 2 aromatic carbocycles. The Morgan fingerprint density at radius 2 is 2.10 bits per heavy atom. The van der Waals surface area contributed by atoms with E-state index in [9.17, 15) is 20.0 Å². The predicted octanol–water partition coefficient (Wildman–Crippen LogP) is 3.08. The van der Waals surface area contributed by atoms with E-state index in [-0.39, 0.29) is 22.9 Å². The summed E-state index contributed by atoms with van der Waals surface area (Å²) in [6.07, 6.45) is 3.03. The van der Waals surface area contributed by atoms with Gasteiger partial charge in [0.2, 0.25) is 0 Å². The second kappa shape index (κ2) is 9.18. The number of rotatable bonds is 7. The molecule has 0 unspecified atom stereocenters. The maximum absolute atomic E-state index is 12.3. The van der Waals surface area contributed by atoms with Crippen molar-refractivity contribution in [1.82, 2.24) is 15.2 Å². The van der Waals surface area contributed by atoms with Crippen LogP contribution in [0.1, 0.15) is 21.6 Å². The second-order valence-corrected chi connectivity index (χ2v) is 6.93. The molecule has 1 aromatic heterocycles. The highest BCUT2D eigenvalue weighted by Gasteiger charge is 2.15. The predicted molar refractivity (Wildman–Crippen MR) is 112 cm³/mol. The lowest BCUT2D eigenvalue weighted by Crippen LogP contribution is -2.19. The third-order valence-corrected chi connectivity index (χ3v) is 4.59. The highest BCUT2D eigenvalue weighted by Crippen LogP contribution is 2.25. The first kappa shape index (κ1) is 21.0. The molecule has 0 atom stereocenters. The summed E-state index contributed by atoms with van der Waals surface area (Å²) in [4.78, 5) is 22.6. The SMILES string of the molecule is COc1cc(C=NNC(=O)c2nn(Cc3ccc([N+](=O)[O-])cc3)cc2Br)ccc1O. The first-order valence-electron chi connectivity index (χ1n) is 8.54. The highest BCUT2D eigenvalue weighted by atomic mass is 79.9. The molecular weight excluding hydrogens is 458 g/mol. The summed E-state index contributed by atoms with van der Waals surface area (Å²) in [6.45, 7) is 0.334. The van der Waals surface area contributed by atoms with Crippen molar-refractivity contribution in [3.8, 4) is 11.5 Å². The average molecular weight is 474 g/mol. The highest BCUT2D eigenvalue weighted by molar-refractivity contribution is 9.10. The van der Waals surface area contributed by atoms with Crippen molar-refractivity contribution in [2.45, 2.75) is 6.54 Å². The molecule has 3 rings (SSSR count). The van der Waals surface area contributed by atoms with Crippen LogP contribution in [0, 0.1) is 10.1 Å². The average Bonchev–Trinajstić information content (AvgIpc) is 3.09. The molecule has 0 aliphatic rings. The second-order valence-electron chi connectivity index (χ2n) is 6.08. The lowest BCUT2D eigenvalue weighted by molar-refractivity contribution is -0.384. The van der Waals surface area contributed by atoms with Crippen LogP contribution in [0.15, 0.2) is 58.2 Å².